The van der Waals surface area contributed by atoms with Gasteiger partial charge in [0, 0.05) is 5.56 Å². The van der Waals surface area contributed by atoms with E-state index in [0.29, 0.717) is 5.92 Å². The first-order chi connectivity index (χ1) is 9.25. The van der Waals surface area contributed by atoms with E-state index in [0.717, 1.165) is 40.5 Å². The molecule has 94 valence electrons. The number of benzene rings is 1. The Morgan fingerprint density at radius 2 is 1.89 bits per heavy atom. The molecule has 2 aliphatic rings. The van der Waals surface area contributed by atoms with E-state index in [-0.39, 0.29) is 5.91 Å². The summed E-state index contributed by atoms with van der Waals surface area (Å²) in [6, 6.07) is 7.71. The third-order valence-corrected chi connectivity index (χ3v) is 3.97. The minimum atomic E-state index is 0.0542. The number of hydrogen-bond donors (Lipinski definition) is 0. The second-order valence-corrected chi connectivity index (χ2v) is 5.38. The Labute approximate surface area is 110 Å². The molecule has 0 saturated carbocycles. The summed E-state index contributed by atoms with van der Waals surface area (Å²) in [5.74, 6) is 1.47. The SMILES string of the molecule is CC1CC=c2nc3n(c2=CC1)C(=O)c1ccccc1-3. The molecule has 0 bridgehead atoms. The van der Waals surface area contributed by atoms with Crippen molar-refractivity contribution in [2.45, 2.75) is 19.8 Å². The van der Waals surface area contributed by atoms with Crippen LogP contribution in [0.25, 0.3) is 23.5 Å². The van der Waals surface area contributed by atoms with Crippen LogP contribution < -0.4 is 10.7 Å². The predicted octanol–water partition coefficient (Wildman–Crippen LogP) is 1.54. The van der Waals surface area contributed by atoms with Gasteiger partial charge in [0.25, 0.3) is 5.91 Å². The Balaban J connectivity index is 2.07. The highest BCUT2D eigenvalue weighted by Crippen LogP contribution is 2.27. The summed E-state index contributed by atoms with van der Waals surface area (Å²) in [6.45, 7) is 2.22. The van der Waals surface area contributed by atoms with Crippen molar-refractivity contribution in [2.24, 2.45) is 5.92 Å². The molecule has 0 fully saturated rings. The van der Waals surface area contributed by atoms with Crippen LogP contribution in [-0.4, -0.2) is 15.5 Å². The van der Waals surface area contributed by atoms with Crippen molar-refractivity contribution >= 4 is 18.1 Å². The van der Waals surface area contributed by atoms with Gasteiger partial charge in [-0.15, -0.1) is 0 Å². The Morgan fingerprint density at radius 3 is 2.74 bits per heavy atom. The lowest BCUT2D eigenvalue weighted by molar-refractivity contribution is 0.0966. The van der Waals surface area contributed by atoms with E-state index < -0.39 is 0 Å². The number of imidazole rings is 1. The van der Waals surface area contributed by atoms with Crippen LogP contribution in [0.15, 0.2) is 24.3 Å². The molecule has 2 heterocycles. The van der Waals surface area contributed by atoms with Gasteiger partial charge in [-0.3, -0.25) is 9.36 Å². The van der Waals surface area contributed by atoms with Crippen LogP contribution in [0, 0.1) is 5.92 Å². The van der Waals surface area contributed by atoms with Crippen molar-refractivity contribution in [2.75, 3.05) is 0 Å². The van der Waals surface area contributed by atoms with Gasteiger partial charge in [0.2, 0.25) is 0 Å². The van der Waals surface area contributed by atoms with Crippen LogP contribution >= 0.6 is 0 Å². The van der Waals surface area contributed by atoms with E-state index in [1.54, 1.807) is 4.57 Å². The zero-order chi connectivity index (χ0) is 13.0. The number of aromatic nitrogens is 2. The number of hydrogen-bond acceptors (Lipinski definition) is 2. The summed E-state index contributed by atoms with van der Waals surface area (Å²) < 4.78 is 1.77. The second-order valence-electron chi connectivity index (χ2n) is 5.38. The number of rotatable bonds is 0. The van der Waals surface area contributed by atoms with E-state index in [4.69, 9.17) is 0 Å². The summed E-state index contributed by atoms with van der Waals surface area (Å²) in [5.41, 5.74) is 1.72. The lowest BCUT2D eigenvalue weighted by atomic mass is 10.1. The topological polar surface area (TPSA) is 34.9 Å². The highest BCUT2D eigenvalue weighted by Gasteiger charge is 2.28. The third kappa shape index (κ3) is 1.38. The molecule has 1 aliphatic heterocycles. The molecule has 0 radical (unpaired) electrons. The normalized spacial score (nSPS) is 19.8. The molecule has 1 atom stereocenters. The van der Waals surface area contributed by atoms with Crippen LogP contribution in [0.4, 0.5) is 0 Å². The summed E-state index contributed by atoms with van der Waals surface area (Å²) in [7, 11) is 0. The highest BCUT2D eigenvalue weighted by molar-refractivity contribution is 6.08. The van der Waals surface area contributed by atoms with E-state index >= 15 is 0 Å². The van der Waals surface area contributed by atoms with Gasteiger partial charge >= 0.3 is 0 Å². The monoisotopic (exact) mass is 250 g/mol. The van der Waals surface area contributed by atoms with Crippen LogP contribution in [0.1, 0.15) is 30.1 Å². The molecule has 1 unspecified atom stereocenters. The molecule has 0 amide bonds. The smallest absolute Gasteiger partial charge is 0.264 e. The Bertz CT molecular complexity index is 814. The number of carbonyl (C=O) groups is 1. The van der Waals surface area contributed by atoms with Crippen LogP contribution in [0.5, 0.6) is 0 Å². The Morgan fingerprint density at radius 1 is 1.16 bits per heavy atom. The fourth-order valence-electron chi connectivity index (χ4n) is 2.89. The lowest BCUT2D eigenvalue weighted by Gasteiger charge is -2.01. The maximum atomic E-state index is 12.5. The van der Waals surface area contributed by atoms with E-state index in [1.165, 1.54) is 0 Å². The molecule has 19 heavy (non-hydrogen) atoms. The minimum Gasteiger partial charge on any atom is -0.268 e. The molecule has 1 aliphatic carbocycles. The summed E-state index contributed by atoms with van der Waals surface area (Å²) in [6.07, 6.45) is 6.34. The molecule has 3 nitrogen and oxygen atoms in total. The van der Waals surface area contributed by atoms with Crippen molar-refractivity contribution < 1.29 is 4.79 Å². The predicted molar refractivity (Wildman–Crippen MR) is 74.0 cm³/mol. The molecule has 2 aromatic rings. The van der Waals surface area contributed by atoms with Gasteiger partial charge in [0.1, 0.15) is 5.82 Å². The zero-order valence-corrected chi connectivity index (χ0v) is 10.8. The van der Waals surface area contributed by atoms with Gasteiger partial charge in [-0.25, -0.2) is 4.98 Å². The standard InChI is InChI=1S/C16H14N2O/c1-10-6-8-13-14(9-7-10)18-15(17-13)11-4-2-3-5-12(11)16(18)19/h2-5,8-10H,6-7H2,1H3. The molecule has 3 heteroatoms. The number of nitrogens with zero attached hydrogens (tertiary/aromatic N) is 2. The fourth-order valence-corrected chi connectivity index (χ4v) is 2.89. The van der Waals surface area contributed by atoms with Gasteiger partial charge in [0.05, 0.1) is 16.3 Å². The van der Waals surface area contributed by atoms with E-state index in [1.807, 2.05) is 24.3 Å². The first-order valence-corrected chi connectivity index (χ1v) is 6.69. The average Bonchev–Trinajstić information content (AvgIpc) is 2.85. The lowest BCUT2D eigenvalue weighted by Crippen LogP contribution is -2.32. The molecular weight excluding hydrogens is 236 g/mol. The number of fused-ring (bicyclic) bond motifs is 5. The Hall–Kier alpha value is -2.16. The second kappa shape index (κ2) is 3.67. The zero-order valence-electron chi connectivity index (χ0n) is 10.8. The van der Waals surface area contributed by atoms with Crippen molar-refractivity contribution in [1.82, 2.24) is 9.55 Å². The van der Waals surface area contributed by atoms with Crippen molar-refractivity contribution in [3.63, 3.8) is 0 Å². The van der Waals surface area contributed by atoms with Crippen molar-refractivity contribution in [3.8, 4) is 11.4 Å². The molecule has 1 aromatic heterocycles. The Kier molecular flexibility index (Phi) is 2.07. The maximum Gasteiger partial charge on any atom is 0.264 e. The van der Waals surface area contributed by atoms with Crippen molar-refractivity contribution in [1.29, 1.82) is 0 Å². The van der Waals surface area contributed by atoms with E-state index in [2.05, 4.69) is 24.1 Å². The molecule has 4 rings (SSSR count). The fraction of sp³-hybridized carbons (Fsp3) is 0.250. The molecule has 0 spiro atoms. The summed E-state index contributed by atoms with van der Waals surface area (Å²) >= 11 is 0. The molecule has 1 aromatic carbocycles. The largest absolute Gasteiger partial charge is 0.268 e. The third-order valence-electron chi connectivity index (χ3n) is 3.97. The highest BCUT2D eigenvalue weighted by atomic mass is 16.2. The minimum absolute atomic E-state index is 0.0542. The maximum absolute atomic E-state index is 12.5. The van der Waals surface area contributed by atoms with Gasteiger partial charge in [-0.2, -0.15) is 0 Å². The summed E-state index contributed by atoms with van der Waals surface area (Å²) in [4.78, 5) is 17.2. The van der Waals surface area contributed by atoms with Gasteiger partial charge < -0.3 is 0 Å². The van der Waals surface area contributed by atoms with Gasteiger partial charge in [0.15, 0.2) is 0 Å². The molecule has 0 saturated heterocycles. The number of carbonyl (C=O) groups excluding carboxylic acids is 1. The first kappa shape index (κ1) is 10.7. The molecular formula is C16H14N2O. The van der Waals surface area contributed by atoms with Crippen molar-refractivity contribution in [3.05, 3.63) is 40.5 Å². The van der Waals surface area contributed by atoms with Crippen LogP contribution in [0.3, 0.4) is 0 Å². The summed E-state index contributed by atoms with van der Waals surface area (Å²) in [5, 5.41) is 1.93. The first-order valence-electron chi connectivity index (χ1n) is 6.69. The van der Waals surface area contributed by atoms with Crippen LogP contribution in [0.2, 0.25) is 0 Å². The van der Waals surface area contributed by atoms with E-state index in [9.17, 15) is 4.79 Å². The quantitative estimate of drug-likeness (QED) is 0.606. The van der Waals surface area contributed by atoms with Gasteiger partial charge in [-0.1, -0.05) is 37.3 Å². The van der Waals surface area contributed by atoms with Crippen LogP contribution in [-0.2, 0) is 0 Å². The average molecular weight is 250 g/mol. The molecule has 0 N–H and O–H groups in total. The van der Waals surface area contributed by atoms with Gasteiger partial charge in [-0.05, 0) is 24.8 Å².